The predicted molar refractivity (Wildman–Crippen MR) is 127 cm³/mol. The zero-order valence-corrected chi connectivity index (χ0v) is 18.5. The van der Waals surface area contributed by atoms with Crippen molar-refractivity contribution >= 4 is 22.4 Å². The lowest BCUT2D eigenvalue weighted by Gasteiger charge is -2.30. The average molecular weight is 443 g/mol. The predicted octanol–water partition coefficient (Wildman–Crippen LogP) is 4.75. The number of carbonyl (C=O) groups is 1. The van der Waals surface area contributed by atoms with Crippen molar-refractivity contribution in [3.8, 4) is 17.1 Å². The lowest BCUT2D eigenvalue weighted by molar-refractivity contribution is -0.121. The molecular formula is C26H26N4O3. The van der Waals surface area contributed by atoms with Gasteiger partial charge in [0, 0.05) is 17.2 Å². The topological polar surface area (TPSA) is 80.5 Å². The van der Waals surface area contributed by atoms with Gasteiger partial charge in [-0.25, -0.2) is 0 Å². The number of ether oxygens (including phenoxy) is 1. The minimum absolute atomic E-state index is 0.00488. The second-order valence-corrected chi connectivity index (χ2v) is 8.34. The van der Waals surface area contributed by atoms with Gasteiger partial charge in [-0.15, -0.1) is 0 Å². The number of methoxy groups -OCH3 is 1. The third-order valence-corrected chi connectivity index (χ3v) is 6.15. The number of hydrogen-bond donors (Lipinski definition) is 1. The molecule has 168 valence electrons. The van der Waals surface area contributed by atoms with Crippen LogP contribution in [0.25, 0.3) is 22.2 Å². The maximum Gasteiger partial charge on any atom is 0.241 e. The van der Waals surface area contributed by atoms with E-state index in [1.54, 1.807) is 7.11 Å². The van der Waals surface area contributed by atoms with Gasteiger partial charge in [0.1, 0.15) is 5.75 Å². The first-order valence-electron chi connectivity index (χ1n) is 11.2. The van der Waals surface area contributed by atoms with Crippen LogP contribution in [0.1, 0.15) is 18.7 Å². The van der Waals surface area contributed by atoms with Crippen LogP contribution in [0.4, 0.5) is 5.69 Å². The molecule has 1 N–H and O–H groups in total. The fourth-order valence-corrected chi connectivity index (χ4v) is 4.23. The highest BCUT2D eigenvalue weighted by Crippen LogP contribution is 2.24. The molecule has 0 spiro atoms. The Balaban J connectivity index is 1.14. The quantitative estimate of drug-likeness (QED) is 0.464. The molecule has 1 aliphatic heterocycles. The molecule has 0 bridgehead atoms. The molecule has 0 atom stereocenters. The van der Waals surface area contributed by atoms with Gasteiger partial charge in [-0.1, -0.05) is 35.5 Å². The maximum absolute atomic E-state index is 12.8. The Labute approximate surface area is 192 Å². The second-order valence-electron chi connectivity index (χ2n) is 8.34. The van der Waals surface area contributed by atoms with Crippen molar-refractivity contribution < 1.29 is 14.1 Å². The van der Waals surface area contributed by atoms with E-state index in [9.17, 15) is 4.79 Å². The highest BCUT2D eigenvalue weighted by Gasteiger charge is 2.26. The Bertz CT molecular complexity index is 1240. The van der Waals surface area contributed by atoms with Crippen molar-refractivity contribution in [3.05, 3.63) is 72.6 Å². The van der Waals surface area contributed by atoms with Crippen LogP contribution in [-0.2, 0) is 11.3 Å². The first kappa shape index (κ1) is 21.2. The van der Waals surface area contributed by atoms with Crippen LogP contribution in [-0.4, -0.2) is 41.1 Å². The number of benzene rings is 3. The highest BCUT2D eigenvalue weighted by molar-refractivity contribution is 5.95. The summed E-state index contributed by atoms with van der Waals surface area (Å²) in [6, 6.07) is 21.7. The van der Waals surface area contributed by atoms with E-state index in [-0.39, 0.29) is 11.8 Å². The summed E-state index contributed by atoms with van der Waals surface area (Å²) in [6.45, 7) is 2.22. The van der Waals surface area contributed by atoms with Gasteiger partial charge in [0.2, 0.25) is 17.6 Å². The molecule has 1 aromatic heterocycles. The van der Waals surface area contributed by atoms with Crippen molar-refractivity contribution in [1.82, 2.24) is 15.0 Å². The molecule has 4 aromatic rings. The minimum Gasteiger partial charge on any atom is -0.497 e. The van der Waals surface area contributed by atoms with Crippen LogP contribution in [0.15, 0.2) is 71.3 Å². The fraction of sp³-hybridized carbons (Fsp3) is 0.269. The second kappa shape index (κ2) is 9.42. The third-order valence-electron chi connectivity index (χ3n) is 6.15. The molecule has 0 unspecified atom stereocenters. The van der Waals surface area contributed by atoms with E-state index in [1.165, 1.54) is 5.39 Å². The number of fused-ring (bicyclic) bond motifs is 1. The summed E-state index contributed by atoms with van der Waals surface area (Å²) < 4.78 is 10.6. The lowest BCUT2D eigenvalue weighted by Crippen LogP contribution is -2.37. The van der Waals surface area contributed by atoms with Gasteiger partial charge in [-0.2, -0.15) is 4.98 Å². The highest BCUT2D eigenvalue weighted by atomic mass is 16.5. The van der Waals surface area contributed by atoms with E-state index in [2.05, 4.69) is 32.5 Å². The zero-order valence-electron chi connectivity index (χ0n) is 18.5. The molecule has 7 heteroatoms. The number of anilines is 1. The Morgan fingerprint density at radius 3 is 2.58 bits per heavy atom. The smallest absolute Gasteiger partial charge is 0.241 e. The fourth-order valence-electron chi connectivity index (χ4n) is 4.23. The molecule has 33 heavy (non-hydrogen) atoms. The van der Waals surface area contributed by atoms with Crippen LogP contribution in [0.3, 0.4) is 0 Å². The van der Waals surface area contributed by atoms with Crippen molar-refractivity contribution in [2.45, 2.75) is 19.4 Å². The number of hydrogen-bond acceptors (Lipinski definition) is 6. The molecule has 5 rings (SSSR count). The summed E-state index contributed by atoms with van der Waals surface area (Å²) in [4.78, 5) is 19.6. The normalized spacial score (nSPS) is 14.9. The summed E-state index contributed by atoms with van der Waals surface area (Å²) in [5.74, 6) is 2.03. The SMILES string of the molecule is COc1ccc(-c2noc(CN3CCC(C(=O)Nc4ccc5ccccc5c4)CC3)n2)cc1. The van der Waals surface area contributed by atoms with Gasteiger partial charge < -0.3 is 14.6 Å². The molecule has 1 saturated heterocycles. The summed E-state index contributed by atoms with van der Waals surface area (Å²) in [5, 5.41) is 9.48. The van der Waals surface area contributed by atoms with Gasteiger partial charge in [0.15, 0.2) is 0 Å². The number of carbonyl (C=O) groups excluding carboxylic acids is 1. The minimum atomic E-state index is 0.00488. The van der Waals surface area contributed by atoms with Crippen molar-refractivity contribution in [2.24, 2.45) is 5.92 Å². The summed E-state index contributed by atoms with van der Waals surface area (Å²) in [5.41, 5.74) is 1.73. The van der Waals surface area contributed by atoms with Gasteiger partial charge in [-0.3, -0.25) is 9.69 Å². The lowest BCUT2D eigenvalue weighted by atomic mass is 9.95. The molecule has 1 fully saturated rings. The molecule has 3 aromatic carbocycles. The monoisotopic (exact) mass is 442 g/mol. The number of piperidine rings is 1. The van der Waals surface area contributed by atoms with E-state index >= 15 is 0 Å². The third kappa shape index (κ3) is 4.88. The number of amides is 1. The van der Waals surface area contributed by atoms with E-state index < -0.39 is 0 Å². The largest absolute Gasteiger partial charge is 0.497 e. The summed E-state index contributed by atoms with van der Waals surface area (Å²) in [7, 11) is 1.64. The summed E-state index contributed by atoms with van der Waals surface area (Å²) in [6.07, 6.45) is 1.61. The van der Waals surface area contributed by atoms with Crippen LogP contribution in [0.2, 0.25) is 0 Å². The van der Waals surface area contributed by atoms with Crippen molar-refractivity contribution in [1.29, 1.82) is 0 Å². The Kier molecular flexibility index (Phi) is 6.04. The van der Waals surface area contributed by atoms with Crippen LogP contribution in [0.5, 0.6) is 5.75 Å². The van der Waals surface area contributed by atoms with Crippen LogP contribution in [0, 0.1) is 5.92 Å². The first-order chi connectivity index (χ1) is 16.2. The van der Waals surface area contributed by atoms with E-state index in [4.69, 9.17) is 9.26 Å². The number of nitrogens with zero attached hydrogens (tertiary/aromatic N) is 3. The Morgan fingerprint density at radius 1 is 1.06 bits per heavy atom. The van der Waals surface area contributed by atoms with Gasteiger partial charge in [-0.05, 0) is 73.1 Å². The van der Waals surface area contributed by atoms with E-state index in [0.29, 0.717) is 18.3 Å². The number of aromatic nitrogens is 2. The Hall–Kier alpha value is -3.71. The average Bonchev–Trinajstić information content (AvgIpc) is 3.33. The van der Waals surface area contributed by atoms with Crippen LogP contribution >= 0.6 is 0 Å². The number of nitrogens with one attached hydrogen (secondary N) is 1. The molecule has 0 radical (unpaired) electrons. The molecule has 7 nitrogen and oxygen atoms in total. The number of likely N-dealkylation sites (tertiary alicyclic amines) is 1. The van der Waals surface area contributed by atoms with Gasteiger partial charge in [0.25, 0.3) is 0 Å². The molecular weight excluding hydrogens is 416 g/mol. The standard InChI is InChI=1S/C26H26N4O3/c1-32-23-10-7-19(8-11-23)25-28-24(33-29-25)17-30-14-12-20(13-15-30)26(31)27-22-9-6-18-4-2-3-5-21(18)16-22/h2-11,16,20H,12-15,17H2,1H3,(H,27,31). The van der Waals surface area contributed by atoms with Gasteiger partial charge >= 0.3 is 0 Å². The number of rotatable bonds is 6. The van der Waals surface area contributed by atoms with Crippen molar-refractivity contribution in [3.63, 3.8) is 0 Å². The molecule has 0 aliphatic carbocycles. The molecule has 0 saturated carbocycles. The molecule has 1 amide bonds. The van der Waals surface area contributed by atoms with E-state index in [0.717, 1.165) is 48.3 Å². The first-order valence-corrected chi connectivity index (χ1v) is 11.2. The zero-order chi connectivity index (χ0) is 22.6. The molecule has 1 aliphatic rings. The summed E-state index contributed by atoms with van der Waals surface area (Å²) >= 11 is 0. The van der Waals surface area contributed by atoms with Crippen LogP contribution < -0.4 is 10.1 Å². The van der Waals surface area contributed by atoms with Crippen molar-refractivity contribution in [2.75, 3.05) is 25.5 Å². The van der Waals surface area contributed by atoms with Gasteiger partial charge in [0.05, 0.1) is 13.7 Å². The maximum atomic E-state index is 12.8. The Morgan fingerprint density at radius 2 is 1.82 bits per heavy atom. The molecule has 2 heterocycles. The van der Waals surface area contributed by atoms with E-state index in [1.807, 2.05) is 54.6 Å².